The van der Waals surface area contributed by atoms with Crippen molar-refractivity contribution in [3.05, 3.63) is 11.3 Å². The second-order valence-corrected chi connectivity index (χ2v) is 9.93. The maximum absolute atomic E-state index is 2.59. The van der Waals surface area contributed by atoms with E-state index in [-0.39, 0.29) is 0 Å². The number of hydrogen-bond acceptors (Lipinski definition) is 0. The highest BCUT2D eigenvalue weighted by atomic mass is 28.3. The van der Waals surface area contributed by atoms with Crippen molar-refractivity contribution in [2.75, 3.05) is 0 Å². The topological polar surface area (TPSA) is 0 Å². The average Bonchev–Trinajstić information content (AvgIpc) is 2.28. The van der Waals surface area contributed by atoms with Crippen LogP contribution in [0.3, 0.4) is 0 Å². The van der Waals surface area contributed by atoms with Crippen LogP contribution in [0.1, 0.15) is 60.3 Å². The summed E-state index contributed by atoms with van der Waals surface area (Å²) >= 11 is 0. The van der Waals surface area contributed by atoms with Gasteiger partial charge in [0.2, 0.25) is 0 Å². The van der Waals surface area contributed by atoms with Crippen molar-refractivity contribution in [1.82, 2.24) is 0 Å². The molecule has 0 N–H and O–H groups in total. The lowest BCUT2D eigenvalue weighted by atomic mass is 10.2. The first kappa shape index (κ1) is 15.0. The Bertz CT molecular complexity index is 170. The van der Waals surface area contributed by atoms with Gasteiger partial charge in [-0.2, -0.15) is 0 Å². The molecule has 0 aliphatic carbocycles. The largest absolute Gasteiger partial charge is 0.0892 e. The zero-order chi connectivity index (χ0) is 11.7. The lowest BCUT2D eigenvalue weighted by Crippen LogP contribution is -2.34. The molecule has 0 saturated carbocycles. The Labute approximate surface area is 98.2 Å². The molecule has 0 amide bonds. The molecule has 0 unspecified atom stereocenters. The van der Waals surface area contributed by atoms with Gasteiger partial charge in [0.05, 0.1) is 8.07 Å². The van der Waals surface area contributed by atoms with Gasteiger partial charge in [0, 0.05) is 0 Å². The molecule has 0 nitrogen and oxygen atoms in total. The molecule has 0 saturated heterocycles. The van der Waals surface area contributed by atoms with Crippen molar-refractivity contribution in [2.45, 2.75) is 78.4 Å². The van der Waals surface area contributed by atoms with Crippen LogP contribution in [0.4, 0.5) is 0 Å². The van der Waals surface area contributed by atoms with Crippen LogP contribution in [0.2, 0.25) is 18.1 Å². The van der Waals surface area contributed by atoms with Gasteiger partial charge < -0.3 is 0 Å². The first-order chi connectivity index (χ1) is 7.20. The Morgan fingerprint density at radius 3 is 1.73 bits per heavy atom. The maximum Gasteiger partial charge on any atom is 0.0803 e. The normalized spacial score (nSPS) is 13.3. The summed E-state index contributed by atoms with van der Waals surface area (Å²) < 4.78 is 0. The molecule has 0 bridgehead atoms. The van der Waals surface area contributed by atoms with Crippen molar-refractivity contribution >= 4 is 8.07 Å². The van der Waals surface area contributed by atoms with E-state index in [9.17, 15) is 0 Å². The third kappa shape index (κ3) is 4.14. The number of rotatable bonds is 8. The summed E-state index contributed by atoms with van der Waals surface area (Å²) in [4.78, 5) is 0. The molecule has 0 aliphatic heterocycles. The SMILES string of the molecule is CCC/C=C(\CCC)[Si](CC)(CC)CC. The number of unbranched alkanes of at least 4 members (excludes halogenated alkanes) is 1. The molecular weight excluding hydrogens is 196 g/mol. The van der Waals surface area contributed by atoms with Gasteiger partial charge in [-0.25, -0.2) is 0 Å². The minimum absolute atomic E-state index is 1.04. The number of hydrogen-bond donors (Lipinski definition) is 0. The molecule has 0 atom stereocenters. The molecule has 0 rings (SSSR count). The average molecular weight is 226 g/mol. The van der Waals surface area contributed by atoms with Crippen molar-refractivity contribution in [3.8, 4) is 0 Å². The van der Waals surface area contributed by atoms with Crippen molar-refractivity contribution in [2.24, 2.45) is 0 Å². The van der Waals surface area contributed by atoms with E-state index in [0.717, 1.165) is 0 Å². The Morgan fingerprint density at radius 1 is 0.867 bits per heavy atom. The van der Waals surface area contributed by atoms with Gasteiger partial charge in [-0.1, -0.05) is 76.9 Å². The van der Waals surface area contributed by atoms with Crippen LogP contribution in [-0.4, -0.2) is 8.07 Å². The van der Waals surface area contributed by atoms with Gasteiger partial charge in [0.15, 0.2) is 0 Å². The van der Waals surface area contributed by atoms with Crippen LogP contribution in [-0.2, 0) is 0 Å². The van der Waals surface area contributed by atoms with Gasteiger partial charge in [-0.3, -0.25) is 0 Å². The van der Waals surface area contributed by atoms with Gasteiger partial charge in [0.1, 0.15) is 0 Å². The highest BCUT2D eigenvalue weighted by Crippen LogP contribution is 2.31. The van der Waals surface area contributed by atoms with Crippen molar-refractivity contribution in [3.63, 3.8) is 0 Å². The molecule has 0 aromatic rings. The zero-order valence-electron chi connectivity index (χ0n) is 11.5. The second kappa shape index (κ2) is 8.15. The van der Waals surface area contributed by atoms with Crippen LogP contribution in [0.25, 0.3) is 0 Å². The van der Waals surface area contributed by atoms with Crippen LogP contribution in [0.15, 0.2) is 11.3 Å². The molecule has 90 valence electrons. The van der Waals surface area contributed by atoms with Gasteiger partial charge in [-0.15, -0.1) is 0 Å². The molecule has 15 heavy (non-hydrogen) atoms. The predicted octanol–water partition coefficient (Wildman–Crippen LogP) is 5.56. The molecule has 0 heterocycles. The molecule has 0 aromatic heterocycles. The van der Waals surface area contributed by atoms with Crippen LogP contribution < -0.4 is 0 Å². The third-order valence-corrected chi connectivity index (χ3v) is 9.79. The van der Waals surface area contributed by atoms with E-state index in [1.54, 1.807) is 0 Å². The lowest BCUT2D eigenvalue weighted by Gasteiger charge is -2.31. The second-order valence-electron chi connectivity index (χ2n) is 4.61. The smallest absolute Gasteiger partial charge is 0.0803 e. The summed E-state index contributed by atoms with van der Waals surface area (Å²) in [5.74, 6) is 0. The zero-order valence-corrected chi connectivity index (χ0v) is 12.5. The summed E-state index contributed by atoms with van der Waals surface area (Å²) in [6.07, 6.45) is 7.87. The Hall–Kier alpha value is -0.0431. The first-order valence-corrected chi connectivity index (χ1v) is 9.52. The Morgan fingerprint density at radius 2 is 1.40 bits per heavy atom. The fourth-order valence-corrected chi connectivity index (χ4v) is 6.82. The van der Waals surface area contributed by atoms with Crippen LogP contribution in [0, 0.1) is 0 Å². The summed E-state index contributed by atoms with van der Waals surface area (Å²) in [5, 5.41) is 1.87. The third-order valence-electron chi connectivity index (χ3n) is 3.91. The molecule has 0 aromatic carbocycles. The molecule has 1 heteroatoms. The van der Waals surface area contributed by atoms with Crippen molar-refractivity contribution < 1.29 is 0 Å². The molecule has 0 aliphatic rings. The lowest BCUT2D eigenvalue weighted by molar-refractivity contribution is 0.893. The summed E-state index contributed by atoms with van der Waals surface area (Å²) in [6, 6.07) is 4.32. The van der Waals surface area contributed by atoms with E-state index < -0.39 is 8.07 Å². The molecule has 0 fully saturated rings. The van der Waals surface area contributed by atoms with E-state index >= 15 is 0 Å². The monoisotopic (exact) mass is 226 g/mol. The van der Waals surface area contributed by atoms with Crippen LogP contribution >= 0.6 is 0 Å². The minimum atomic E-state index is -1.04. The summed E-state index contributed by atoms with van der Waals surface area (Å²) in [6.45, 7) is 11.8. The quantitative estimate of drug-likeness (QED) is 0.475. The number of allylic oxidation sites excluding steroid dienone is 2. The standard InChI is InChI=1S/C14H30Si/c1-6-11-13-14(12-7-2)15(8-3,9-4)10-5/h13H,6-12H2,1-5H3/b14-13+. The molecule has 0 spiro atoms. The van der Waals surface area contributed by atoms with Gasteiger partial charge in [0.25, 0.3) is 0 Å². The highest BCUT2D eigenvalue weighted by Gasteiger charge is 2.30. The van der Waals surface area contributed by atoms with E-state index in [1.807, 2.05) is 5.20 Å². The van der Waals surface area contributed by atoms with E-state index in [4.69, 9.17) is 0 Å². The van der Waals surface area contributed by atoms with E-state index in [0.29, 0.717) is 0 Å². The predicted molar refractivity (Wildman–Crippen MR) is 75.1 cm³/mol. The molecule has 0 radical (unpaired) electrons. The first-order valence-electron chi connectivity index (χ1n) is 6.90. The fourth-order valence-electron chi connectivity index (χ4n) is 2.60. The van der Waals surface area contributed by atoms with Gasteiger partial charge in [-0.05, 0) is 12.8 Å². The fraction of sp³-hybridized carbons (Fsp3) is 0.857. The van der Waals surface area contributed by atoms with E-state index in [2.05, 4.69) is 40.7 Å². The summed E-state index contributed by atoms with van der Waals surface area (Å²) in [5.41, 5.74) is 0. The van der Waals surface area contributed by atoms with Crippen LogP contribution in [0.5, 0.6) is 0 Å². The molecular formula is C14H30Si. The Kier molecular flexibility index (Phi) is 8.13. The highest BCUT2D eigenvalue weighted by molar-refractivity contribution is 6.86. The summed E-state index contributed by atoms with van der Waals surface area (Å²) in [7, 11) is -1.04. The van der Waals surface area contributed by atoms with E-state index in [1.165, 1.54) is 43.8 Å². The maximum atomic E-state index is 2.59. The van der Waals surface area contributed by atoms with Crippen molar-refractivity contribution in [1.29, 1.82) is 0 Å². The minimum Gasteiger partial charge on any atom is -0.0892 e. The Balaban J connectivity index is 4.81. The van der Waals surface area contributed by atoms with Gasteiger partial charge >= 0.3 is 0 Å².